The van der Waals surface area contributed by atoms with E-state index in [1.165, 1.54) is 17.7 Å². The number of halogens is 1. The van der Waals surface area contributed by atoms with Crippen LogP contribution in [0, 0.1) is 15.9 Å². The van der Waals surface area contributed by atoms with Crippen molar-refractivity contribution in [3.05, 3.63) is 70.0 Å². The molecule has 20 heavy (non-hydrogen) atoms. The third-order valence-electron chi connectivity index (χ3n) is 3.51. The molecular formula is C15H13FN2O2. The minimum atomic E-state index is -0.498. The Morgan fingerprint density at radius 3 is 2.65 bits per heavy atom. The number of nitro groups is 1. The van der Waals surface area contributed by atoms with Gasteiger partial charge in [0.05, 0.1) is 4.92 Å². The van der Waals surface area contributed by atoms with Crippen LogP contribution in [-0.2, 0) is 0 Å². The molecule has 0 aromatic heterocycles. The predicted molar refractivity (Wildman–Crippen MR) is 74.3 cm³/mol. The van der Waals surface area contributed by atoms with Gasteiger partial charge in [-0.15, -0.1) is 0 Å². The first-order valence-electron chi connectivity index (χ1n) is 6.40. The fourth-order valence-corrected chi connectivity index (χ4v) is 2.41. The summed E-state index contributed by atoms with van der Waals surface area (Å²) in [6.07, 6.45) is 0.900. The van der Waals surface area contributed by atoms with Crippen LogP contribution in [0.1, 0.15) is 17.9 Å². The molecule has 3 rings (SSSR count). The summed E-state index contributed by atoms with van der Waals surface area (Å²) in [6.45, 7) is 0. The summed E-state index contributed by atoms with van der Waals surface area (Å²) in [5.74, 6) is -0.144. The van der Waals surface area contributed by atoms with Crippen LogP contribution in [0.25, 0.3) is 0 Å². The van der Waals surface area contributed by atoms with Crippen LogP contribution >= 0.6 is 0 Å². The Hall–Kier alpha value is -2.43. The van der Waals surface area contributed by atoms with Gasteiger partial charge in [-0.2, -0.15) is 0 Å². The van der Waals surface area contributed by atoms with E-state index in [9.17, 15) is 14.5 Å². The van der Waals surface area contributed by atoms with E-state index in [1.807, 2.05) is 30.3 Å². The second-order valence-corrected chi connectivity index (χ2v) is 4.92. The van der Waals surface area contributed by atoms with Crippen LogP contribution in [0.4, 0.5) is 15.8 Å². The minimum absolute atomic E-state index is 0.0925. The van der Waals surface area contributed by atoms with Crippen LogP contribution < -0.4 is 5.32 Å². The largest absolute Gasteiger partial charge is 0.376 e. The molecule has 5 heteroatoms. The lowest BCUT2D eigenvalue weighted by Gasteiger charge is -2.07. The molecule has 1 saturated carbocycles. The van der Waals surface area contributed by atoms with Crippen molar-refractivity contribution in [2.75, 3.05) is 5.32 Å². The molecule has 1 aliphatic carbocycles. The molecule has 0 saturated heterocycles. The maximum absolute atomic E-state index is 13.2. The molecule has 2 atom stereocenters. The van der Waals surface area contributed by atoms with E-state index in [2.05, 4.69) is 5.32 Å². The predicted octanol–water partition coefficient (Wildman–Crippen LogP) is 3.70. The molecular weight excluding hydrogens is 259 g/mol. The summed E-state index contributed by atoms with van der Waals surface area (Å²) in [5.41, 5.74) is 1.35. The maximum atomic E-state index is 13.2. The van der Waals surface area contributed by atoms with Crippen LogP contribution in [-0.4, -0.2) is 11.0 Å². The zero-order valence-electron chi connectivity index (χ0n) is 10.6. The number of hydrogen-bond donors (Lipinski definition) is 1. The molecule has 1 N–H and O–H groups in total. The average Bonchev–Trinajstić information content (AvgIpc) is 3.19. The molecule has 4 nitrogen and oxygen atoms in total. The van der Waals surface area contributed by atoms with E-state index in [0.29, 0.717) is 5.92 Å². The van der Waals surface area contributed by atoms with Crippen molar-refractivity contribution in [2.45, 2.75) is 18.4 Å². The topological polar surface area (TPSA) is 55.2 Å². The molecule has 1 aliphatic rings. The average molecular weight is 272 g/mol. The van der Waals surface area contributed by atoms with Gasteiger partial charge in [0.1, 0.15) is 11.5 Å². The molecule has 102 valence electrons. The molecule has 0 amide bonds. The van der Waals surface area contributed by atoms with Crippen molar-refractivity contribution in [3.8, 4) is 0 Å². The first-order chi connectivity index (χ1) is 9.65. The lowest BCUT2D eigenvalue weighted by atomic mass is 10.1. The Morgan fingerprint density at radius 1 is 1.20 bits per heavy atom. The summed E-state index contributed by atoms with van der Waals surface area (Å²) in [6, 6.07) is 13.5. The highest BCUT2D eigenvalue weighted by atomic mass is 19.1. The fraction of sp³-hybridized carbons (Fsp3) is 0.200. The van der Waals surface area contributed by atoms with E-state index in [4.69, 9.17) is 0 Å². The van der Waals surface area contributed by atoms with E-state index < -0.39 is 10.7 Å². The highest BCUT2D eigenvalue weighted by molar-refractivity contribution is 5.63. The van der Waals surface area contributed by atoms with Crippen molar-refractivity contribution in [3.63, 3.8) is 0 Å². The monoisotopic (exact) mass is 272 g/mol. The Morgan fingerprint density at radius 2 is 1.95 bits per heavy atom. The van der Waals surface area contributed by atoms with Crippen LogP contribution in [0.2, 0.25) is 0 Å². The number of hydrogen-bond acceptors (Lipinski definition) is 3. The summed E-state index contributed by atoms with van der Waals surface area (Å²) < 4.78 is 13.2. The first-order valence-corrected chi connectivity index (χ1v) is 6.40. The van der Waals surface area contributed by atoms with Crippen molar-refractivity contribution >= 4 is 11.4 Å². The van der Waals surface area contributed by atoms with Gasteiger partial charge in [0.15, 0.2) is 0 Å². The van der Waals surface area contributed by atoms with Gasteiger partial charge in [-0.05, 0) is 18.1 Å². The number of nitrogens with one attached hydrogen (secondary N) is 1. The van der Waals surface area contributed by atoms with Crippen LogP contribution in [0.15, 0.2) is 48.5 Å². The molecule has 0 aliphatic heterocycles. The number of anilines is 1. The van der Waals surface area contributed by atoms with Crippen molar-refractivity contribution in [1.82, 2.24) is 0 Å². The highest BCUT2D eigenvalue weighted by Gasteiger charge is 2.39. The Bertz CT molecular complexity index is 646. The summed E-state index contributed by atoms with van der Waals surface area (Å²) in [4.78, 5) is 10.4. The molecule has 0 spiro atoms. The number of nitro benzene ring substituents is 1. The Balaban J connectivity index is 1.77. The van der Waals surface area contributed by atoms with Gasteiger partial charge >= 0.3 is 0 Å². The standard InChI is InChI=1S/C15H13FN2O2/c16-11-6-7-15(18(19)20)14(8-11)17-13-9-12(13)10-4-2-1-3-5-10/h1-8,12-13,17H,9H2. The number of nitrogens with zero attached hydrogens (tertiary/aromatic N) is 1. The van der Waals surface area contributed by atoms with Gasteiger partial charge in [0, 0.05) is 24.1 Å². The summed E-state index contributed by atoms with van der Waals surface area (Å²) >= 11 is 0. The molecule has 2 unspecified atom stereocenters. The lowest BCUT2D eigenvalue weighted by molar-refractivity contribution is -0.384. The summed E-state index contributed by atoms with van der Waals surface area (Å²) in [5, 5.41) is 14.0. The zero-order chi connectivity index (χ0) is 14.1. The van der Waals surface area contributed by atoms with Crippen LogP contribution in [0.5, 0.6) is 0 Å². The first kappa shape index (κ1) is 12.6. The molecule has 0 radical (unpaired) electrons. The van der Waals surface area contributed by atoms with Crippen molar-refractivity contribution in [1.29, 1.82) is 0 Å². The number of rotatable bonds is 4. The Labute approximate surface area is 115 Å². The number of benzene rings is 2. The van der Waals surface area contributed by atoms with Gasteiger partial charge in [-0.3, -0.25) is 10.1 Å². The molecule has 2 aromatic rings. The highest BCUT2D eigenvalue weighted by Crippen LogP contribution is 2.43. The Kier molecular flexibility index (Phi) is 3.10. The SMILES string of the molecule is O=[N+]([O-])c1ccc(F)cc1NC1CC1c1ccccc1. The van der Waals surface area contributed by atoms with Crippen LogP contribution in [0.3, 0.4) is 0 Å². The fourth-order valence-electron chi connectivity index (χ4n) is 2.41. The van der Waals surface area contributed by atoms with Gasteiger partial charge < -0.3 is 5.32 Å². The van der Waals surface area contributed by atoms with E-state index in [-0.39, 0.29) is 17.4 Å². The molecule has 0 bridgehead atoms. The van der Waals surface area contributed by atoms with E-state index in [1.54, 1.807) is 0 Å². The van der Waals surface area contributed by atoms with Gasteiger partial charge in [-0.25, -0.2) is 4.39 Å². The zero-order valence-corrected chi connectivity index (χ0v) is 10.6. The van der Waals surface area contributed by atoms with Gasteiger partial charge in [0.25, 0.3) is 5.69 Å². The third-order valence-corrected chi connectivity index (χ3v) is 3.51. The smallest absolute Gasteiger partial charge is 0.292 e. The quantitative estimate of drug-likeness (QED) is 0.682. The van der Waals surface area contributed by atoms with E-state index >= 15 is 0 Å². The maximum Gasteiger partial charge on any atom is 0.292 e. The normalized spacial score (nSPS) is 20.4. The minimum Gasteiger partial charge on any atom is -0.376 e. The second-order valence-electron chi connectivity index (χ2n) is 4.92. The van der Waals surface area contributed by atoms with Crippen molar-refractivity contribution in [2.24, 2.45) is 0 Å². The molecule has 2 aromatic carbocycles. The third kappa shape index (κ3) is 2.47. The second kappa shape index (κ2) is 4.92. The molecule has 0 heterocycles. The summed E-state index contributed by atoms with van der Waals surface area (Å²) in [7, 11) is 0. The van der Waals surface area contributed by atoms with Gasteiger partial charge in [0.2, 0.25) is 0 Å². The van der Waals surface area contributed by atoms with Crippen molar-refractivity contribution < 1.29 is 9.31 Å². The molecule has 1 fully saturated rings. The van der Waals surface area contributed by atoms with Gasteiger partial charge in [-0.1, -0.05) is 30.3 Å². The lowest BCUT2D eigenvalue weighted by Crippen LogP contribution is -2.07. The van der Waals surface area contributed by atoms with E-state index in [0.717, 1.165) is 12.5 Å².